The predicted molar refractivity (Wildman–Crippen MR) is 73.2 cm³/mol. The first-order chi connectivity index (χ1) is 10.1. The van der Waals surface area contributed by atoms with Crippen molar-refractivity contribution in [3.8, 4) is 6.07 Å². The summed E-state index contributed by atoms with van der Waals surface area (Å²) in [5.41, 5.74) is -0.719. The number of fused-ring (bicyclic) bond motifs is 1. The molecule has 2 aliphatic rings. The lowest BCUT2D eigenvalue weighted by molar-refractivity contribution is -0.182. The Labute approximate surface area is 124 Å². The zero-order valence-electron chi connectivity index (χ0n) is 12.2. The van der Waals surface area contributed by atoms with Crippen molar-refractivity contribution >= 4 is 5.97 Å². The first kappa shape index (κ1) is 16.0. The van der Waals surface area contributed by atoms with Crippen LogP contribution in [0.3, 0.4) is 0 Å². The smallest absolute Gasteiger partial charge is 0.330 e. The number of hydrogen-bond acceptors (Lipinski definition) is 6. The van der Waals surface area contributed by atoms with Gasteiger partial charge in [-0.3, -0.25) is 0 Å². The van der Waals surface area contributed by atoms with Gasteiger partial charge in [0, 0.05) is 18.9 Å². The number of esters is 1. The molecule has 21 heavy (non-hydrogen) atoms. The average molecular weight is 295 g/mol. The number of hydrogen-bond donors (Lipinski definition) is 1. The first-order valence-electron chi connectivity index (χ1n) is 7.21. The van der Waals surface area contributed by atoms with Crippen molar-refractivity contribution in [3.05, 3.63) is 12.2 Å². The number of methoxy groups -OCH3 is 1. The molecule has 1 N–H and O–H groups in total. The Morgan fingerprint density at radius 2 is 2.38 bits per heavy atom. The fourth-order valence-corrected chi connectivity index (χ4v) is 3.04. The number of aliphatic hydroxyl groups excluding tert-OH is 1. The molecule has 0 spiro atoms. The number of carbonyl (C=O) groups excluding carboxylic acids is 1. The lowest BCUT2D eigenvalue weighted by Crippen LogP contribution is -2.51. The van der Waals surface area contributed by atoms with E-state index in [2.05, 4.69) is 10.8 Å². The quantitative estimate of drug-likeness (QED) is 0.603. The highest BCUT2D eigenvalue weighted by Gasteiger charge is 2.52. The monoisotopic (exact) mass is 295 g/mol. The van der Waals surface area contributed by atoms with Crippen LogP contribution in [0, 0.1) is 11.3 Å². The number of carbonyl (C=O) groups is 1. The van der Waals surface area contributed by atoms with Gasteiger partial charge in [0.1, 0.15) is 5.60 Å². The van der Waals surface area contributed by atoms with Crippen LogP contribution in [0.1, 0.15) is 32.1 Å². The number of nitriles is 1. The van der Waals surface area contributed by atoms with Gasteiger partial charge in [-0.15, -0.1) is 0 Å². The van der Waals surface area contributed by atoms with Gasteiger partial charge in [0.15, 0.2) is 0 Å². The number of nitrogens with zero attached hydrogens (tertiary/aromatic N) is 1. The summed E-state index contributed by atoms with van der Waals surface area (Å²) in [4.78, 5) is 11.1. The Bertz CT molecular complexity index is 444. The highest BCUT2D eigenvalue weighted by atomic mass is 16.6. The van der Waals surface area contributed by atoms with Crippen LogP contribution in [0.5, 0.6) is 0 Å². The topological polar surface area (TPSA) is 88.8 Å². The summed E-state index contributed by atoms with van der Waals surface area (Å²) in [5.74, 6) is -0.431. The van der Waals surface area contributed by atoms with Crippen LogP contribution in [-0.2, 0) is 19.0 Å². The highest BCUT2D eigenvalue weighted by Crippen LogP contribution is 2.42. The van der Waals surface area contributed by atoms with Crippen molar-refractivity contribution < 1.29 is 24.1 Å². The molecule has 0 unspecified atom stereocenters. The molecule has 0 aromatic heterocycles. The molecule has 6 nitrogen and oxygen atoms in total. The predicted octanol–water partition coefficient (Wildman–Crippen LogP) is 1.09. The van der Waals surface area contributed by atoms with Gasteiger partial charge < -0.3 is 19.3 Å². The number of ether oxygens (including phenoxy) is 3. The summed E-state index contributed by atoms with van der Waals surface area (Å²) >= 11 is 0. The molecule has 0 aromatic carbocycles. The van der Waals surface area contributed by atoms with Crippen molar-refractivity contribution in [2.75, 3.05) is 13.7 Å². The third kappa shape index (κ3) is 3.62. The highest BCUT2D eigenvalue weighted by molar-refractivity contribution is 5.81. The summed E-state index contributed by atoms with van der Waals surface area (Å²) < 4.78 is 16.4. The molecule has 2 heterocycles. The number of aliphatic hydroxyl groups is 1. The van der Waals surface area contributed by atoms with Gasteiger partial charge in [0.05, 0.1) is 38.1 Å². The zero-order chi connectivity index (χ0) is 15.3. The third-order valence-corrected chi connectivity index (χ3v) is 4.12. The standard InChI is InChI=1S/C15H21NO5/c1-19-14(18)7-5-12-9-15(10-17)13(20-12)6-4-11(21-15)3-2-8-16/h5,7,11-13,17H,2-4,6,9-10H2,1H3/t11-,12-,13-,15+/m0/s1. The van der Waals surface area contributed by atoms with Crippen LogP contribution in [-0.4, -0.2) is 48.7 Å². The lowest BCUT2D eigenvalue weighted by atomic mass is 9.86. The van der Waals surface area contributed by atoms with Gasteiger partial charge >= 0.3 is 5.97 Å². The molecule has 2 rings (SSSR count). The molecule has 0 aliphatic carbocycles. The van der Waals surface area contributed by atoms with Crippen LogP contribution >= 0.6 is 0 Å². The largest absolute Gasteiger partial charge is 0.466 e. The van der Waals surface area contributed by atoms with Gasteiger partial charge in [-0.1, -0.05) is 0 Å². The Balaban J connectivity index is 2.00. The SMILES string of the molecule is COC(=O)C=C[C@H]1C[C@]2(CO)O[C@@H](CCC#N)CC[C@@H]2O1. The number of rotatable bonds is 5. The molecule has 2 aliphatic heterocycles. The second-order valence-corrected chi connectivity index (χ2v) is 5.49. The molecule has 2 fully saturated rings. The van der Waals surface area contributed by atoms with Gasteiger partial charge in [-0.05, 0) is 25.3 Å². The second kappa shape index (κ2) is 7.03. The Hall–Kier alpha value is -1.42. The summed E-state index contributed by atoms with van der Waals surface area (Å²) in [5, 5.41) is 18.4. The van der Waals surface area contributed by atoms with Crippen molar-refractivity contribution in [1.82, 2.24) is 0 Å². The minimum atomic E-state index is -0.719. The van der Waals surface area contributed by atoms with Crippen molar-refractivity contribution in [1.29, 1.82) is 5.26 Å². The van der Waals surface area contributed by atoms with Crippen molar-refractivity contribution in [3.63, 3.8) is 0 Å². The minimum Gasteiger partial charge on any atom is -0.466 e. The van der Waals surface area contributed by atoms with E-state index in [0.717, 1.165) is 12.8 Å². The Morgan fingerprint density at radius 1 is 1.57 bits per heavy atom. The fraction of sp³-hybridized carbons (Fsp3) is 0.733. The zero-order valence-corrected chi connectivity index (χ0v) is 12.2. The molecule has 0 saturated carbocycles. The minimum absolute atomic E-state index is 0.0139. The lowest BCUT2D eigenvalue weighted by Gasteiger charge is -2.40. The summed E-state index contributed by atoms with van der Waals surface area (Å²) in [6.45, 7) is -0.122. The van der Waals surface area contributed by atoms with E-state index in [4.69, 9.17) is 14.7 Å². The van der Waals surface area contributed by atoms with E-state index in [1.165, 1.54) is 13.2 Å². The maximum atomic E-state index is 11.1. The molecular weight excluding hydrogens is 274 g/mol. The Kier molecular flexibility index (Phi) is 5.34. The molecule has 0 aromatic rings. The molecule has 6 heteroatoms. The second-order valence-electron chi connectivity index (χ2n) is 5.49. The van der Waals surface area contributed by atoms with Gasteiger partial charge in [-0.25, -0.2) is 4.79 Å². The first-order valence-corrected chi connectivity index (χ1v) is 7.21. The van der Waals surface area contributed by atoms with E-state index in [-0.39, 0.29) is 24.9 Å². The van der Waals surface area contributed by atoms with Crippen molar-refractivity contribution in [2.24, 2.45) is 0 Å². The van der Waals surface area contributed by atoms with Gasteiger partial charge in [-0.2, -0.15) is 5.26 Å². The molecule has 0 bridgehead atoms. The van der Waals surface area contributed by atoms with Crippen LogP contribution in [0.15, 0.2) is 12.2 Å². The van der Waals surface area contributed by atoms with E-state index in [1.807, 2.05) is 0 Å². The molecular formula is C15H21NO5. The van der Waals surface area contributed by atoms with Crippen molar-refractivity contribution in [2.45, 2.75) is 56.0 Å². The summed E-state index contributed by atoms with van der Waals surface area (Å²) in [6, 6.07) is 2.12. The molecule has 0 amide bonds. The van der Waals surface area contributed by atoms with E-state index in [0.29, 0.717) is 19.3 Å². The average Bonchev–Trinajstić information content (AvgIpc) is 2.88. The van der Waals surface area contributed by atoms with Crippen LogP contribution in [0.25, 0.3) is 0 Å². The van der Waals surface area contributed by atoms with Gasteiger partial charge in [0.25, 0.3) is 0 Å². The molecule has 116 valence electrons. The summed E-state index contributed by atoms with van der Waals surface area (Å²) in [6.07, 6.45) is 5.77. The fourth-order valence-electron chi connectivity index (χ4n) is 3.04. The molecule has 2 saturated heterocycles. The van der Waals surface area contributed by atoms with Gasteiger partial charge in [0.2, 0.25) is 0 Å². The maximum Gasteiger partial charge on any atom is 0.330 e. The van der Waals surface area contributed by atoms with E-state index in [1.54, 1.807) is 6.08 Å². The maximum absolute atomic E-state index is 11.1. The molecule has 0 radical (unpaired) electrons. The third-order valence-electron chi connectivity index (χ3n) is 4.12. The van der Waals surface area contributed by atoms with E-state index in [9.17, 15) is 9.90 Å². The van der Waals surface area contributed by atoms with E-state index >= 15 is 0 Å². The molecule has 4 atom stereocenters. The normalized spacial score (nSPS) is 35.4. The van der Waals surface area contributed by atoms with Crippen LogP contribution < -0.4 is 0 Å². The van der Waals surface area contributed by atoms with E-state index < -0.39 is 11.6 Å². The van der Waals surface area contributed by atoms with Crippen LogP contribution in [0.2, 0.25) is 0 Å². The summed E-state index contributed by atoms with van der Waals surface area (Å²) in [7, 11) is 1.32. The Morgan fingerprint density at radius 3 is 3.05 bits per heavy atom. The van der Waals surface area contributed by atoms with Crippen LogP contribution in [0.4, 0.5) is 0 Å².